The van der Waals surface area contributed by atoms with E-state index in [9.17, 15) is 4.79 Å². The molecule has 4 heteroatoms. The second-order valence-corrected chi connectivity index (χ2v) is 4.02. The van der Waals surface area contributed by atoms with Crippen LogP contribution < -0.4 is 11.1 Å². The molecule has 0 saturated heterocycles. The highest BCUT2D eigenvalue weighted by atomic mass is 16.1. The summed E-state index contributed by atoms with van der Waals surface area (Å²) < 4.78 is 0. The highest BCUT2D eigenvalue weighted by molar-refractivity contribution is 5.75. The zero-order valence-corrected chi connectivity index (χ0v) is 9.74. The molecule has 0 aromatic rings. The monoisotopic (exact) mass is 223 g/mol. The van der Waals surface area contributed by atoms with Gasteiger partial charge in [-0.05, 0) is 31.4 Å². The van der Waals surface area contributed by atoms with E-state index in [2.05, 4.69) is 10.3 Å². The van der Waals surface area contributed by atoms with Crippen LogP contribution in [0, 0.1) is 0 Å². The number of aliphatic imine (C=N–C) groups is 1. The number of carbonyl (C=O) groups is 1. The third-order valence-corrected chi connectivity index (χ3v) is 2.59. The summed E-state index contributed by atoms with van der Waals surface area (Å²) in [5, 5.41) is 2.92. The van der Waals surface area contributed by atoms with Crippen LogP contribution in [0.2, 0.25) is 0 Å². The van der Waals surface area contributed by atoms with Crippen LogP contribution in [-0.4, -0.2) is 25.2 Å². The first-order valence-corrected chi connectivity index (χ1v) is 5.99. The molecule has 0 atom stereocenters. The van der Waals surface area contributed by atoms with E-state index < -0.39 is 0 Å². The molecule has 3 N–H and O–H groups in total. The van der Waals surface area contributed by atoms with Crippen LogP contribution in [-0.2, 0) is 4.79 Å². The zero-order valence-electron chi connectivity index (χ0n) is 9.74. The lowest BCUT2D eigenvalue weighted by Gasteiger charge is -2.05. The molecule has 16 heavy (non-hydrogen) atoms. The van der Waals surface area contributed by atoms with Crippen molar-refractivity contribution in [1.29, 1.82) is 0 Å². The number of carbonyl (C=O) groups excluding carboxylic acids is 1. The van der Waals surface area contributed by atoms with E-state index in [0.717, 1.165) is 45.2 Å². The Labute approximate surface area is 97.0 Å². The predicted molar refractivity (Wildman–Crippen MR) is 66.3 cm³/mol. The molecule has 1 aliphatic rings. The van der Waals surface area contributed by atoms with Gasteiger partial charge in [-0.15, -0.1) is 0 Å². The summed E-state index contributed by atoms with van der Waals surface area (Å²) in [7, 11) is 0. The van der Waals surface area contributed by atoms with Gasteiger partial charge in [0.15, 0.2) is 0 Å². The fourth-order valence-corrected chi connectivity index (χ4v) is 1.60. The summed E-state index contributed by atoms with van der Waals surface area (Å²) in [6, 6.07) is 0. The smallest absolute Gasteiger partial charge is 0.220 e. The molecule has 0 unspecified atom stereocenters. The summed E-state index contributed by atoms with van der Waals surface area (Å²) in [6.45, 7) is 1.45. The molecule has 4 nitrogen and oxygen atoms in total. The lowest BCUT2D eigenvalue weighted by Crippen LogP contribution is -2.24. The summed E-state index contributed by atoms with van der Waals surface area (Å²) >= 11 is 0. The van der Waals surface area contributed by atoms with Gasteiger partial charge in [0.2, 0.25) is 5.91 Å². The van der Waals surface area contributed by atoms with Gasteiger partial charge in [0.1, 0.15) is 0 Å². The van der Waals surface area contributed by atoms with E-state index >= 15 is 0 Å². The Morgan fingerprint density at radius 3 is 3.00 bits per heavy atom. The van der Waals surface area contributed by atoms with Crippen LogP contribution in [0.5, 0.6) is 0 Å². The van der Waals surface area contributed by atoms with Crippen molar-refractivity contribution in [2.24, 2.45) is 10.7 Å². The first-order chi connectivity index (χ1) is 7.83. The van der Waals surface area contributed by atoms with Gasteiger partial charge in [-0.3, -0.25) is 9.79 Å². The lowest BCUT2D eigenvalue weighted by atomic mass is 10.1. The first kappa shape index (κ1) is 12.9. The summed E-state index contributed by atoms with van der Waals surface area (Å²) in [5.41, 5.74) is 6.67. The van der Waals surface area contributed by atoms with Crippen LogP contribution in [0.15, 0.2) is 16.8 Å². The Kier molecular flexibility index (Phi) is 6.49. The number of nitrogens with zero attached hydrogens (tertiary/aromatic N) is 1. The molecule has 0 bridgehead atoms. The van der Waals surface area contributed by atoms with Gasteiger partial charge in [-0.2, -0.15) is 0 Å². The number of hydrogen-bond donors (Lipinski definition) is 2. The maximum atomic E-state index is 11.4. The topological polar surface area (TPSA) is 67.5 Å². The Morgan fingerprint density at radius 1 is 1.44 bits per heavy atom. The molecule has 0 saturated carbocycles. The van der Waals surface area contributed by atoms with Gasteiger partial charge in [0.05, 0.1) is 0 Å². The number of hydrogen-bond acceptors (Lipinski definition) is 3. The van der Waals surface area contributed by atoms with Gasteiger partial charge in [0, 0.05) is 31.8 Å². The third kappa shape index (κ3) is 5.66. The molecular weight excluding hydrogens is 202 g/mol. The van der Waals surface area contributed by atoms with Crippen molar-refractivity contribution in [3.8, 4) is 0 Å². The van der Waals surface area contributed by atoms with Crippen molar-refractivity contribution in [1.82, 2.24) is 5.32 Å². The number of nitrogens with one attached hydrogen (secondary N) is 1. The van der Waals surface area contributed by atoms with Crippen molar-refractivity contribution in [2.45, 2.75) is 38.5 Å². The van der Waals surface area contributed by atoms with Gasteiger partial charge < -0.3 is 11.1 Å². The maximum Gasteiger partial charge on any atom is 0.220 e. The van der Waals surface area contributed by atoms with Gasteiger partial charge in [-0.25, -0.2) is 0 Å². The largest absolute Gasteiger partial charge is 0.356 e. The normalized spacial score (nSPS) is 13.9. The molecule has 1 amide bonds. The minimum atomic E-state index is 0.150. The van der Waals surface area contributed by atoms with Crippen LogP contribution in [0.4, 0.5) is 0 Å². The van der Waals surface area contributed by atoms with Crippen molar-refractivity contribution in [2.75, 3.05) is 13.1 Å². The predicted octanol–water partition coefficient (Wildman–Crippen LogP) is 1.37. The second-order valence-electron chi connectivity index (χ2n) is 4.02. The quantitative estimate of drug-likeness (QED) is 0.610. The summed E-state index contributed by atoms with van der Waals surface area (Å²) in [5.74, 6) is 0.150. The molecule has 0 aromatic carbocycles. The molecule has 1 heterocycles. The highest BCUT2D eigenvalue weighted by Gasteiger charge is 2.03. The molecule has 0 aliphatic carbocycles. The van der Waals surface area contributed by atoms with E-state index in [1.807, 2.05) is 12.4 Å². The third-order valence-electron chi connectivity index (χ3n) is 2.59. The summed E-state index contributed by atoms with van der Waals surface area (Å²) in [6.07, 6.45) is 9.24. The van der Waals surface area contributed by atoms with E-state index in [0.29, 0.717) is 6.42 Å². The fourth-order valence-electron chi connectivity index (χ4n) is 1.60. The Morgan fingerprint density at radius 2 is 2.31 bits per heavy atom. The van der Waals surface area contributed by atoms with E-state index in [1.165, 1.54) is 5.57 Å². The average molecular weight is 223 g/mol. The minimum Gasteiger partial charge on any atom is -0.356 e. The van der Waals surface area contributed by atoms with E-state index in [1.54, 1.807) is 0 Å². The van der Waals surface area contributed by atoms with E-state index in [4.69, 9.17) is 5.73 Å². The molecule has 0 fully saturated rings. The van der Waals surface area contributed by atoms with Gasteiger partial charge in [0.25, 0.3) is 0 Å². The fraction of sp³-hybridized carbons (Fsp3) is 0.667. The zero-order chi connectivity index (χ0) is 11.6. The summed E-state index contributed by atoms with van der Waals surface area (Å²) in [4.78, 5) is 15.4. The molecule has 0 spiro atoms. The maximum absolute atomic E-state index is 11.4. The van der Waals surface area contributed by atoms with Gasteiger partial charge >= 0.3 is 0 Å². The van der Waals surface area contributed by atoms with Crippen LogP contribution in [0.3, 0.4) is 0 Å². The molecule has 1 rings (SSSR count). The van der Waals surface area contributed by atoms with Crippen LogP contribution >= 0.6 is 0 Å². The number of amides is 1. The average Bonchev–Trinajstić information content (AvgIpc) is 2.77. The molecular formula is C12H21N3O. The molecule has 0 aromatic heterocycles. The molecule has 1 aliphatic heterocycles. The number of rotatable bonds is 8. The Balaban J connectivity index is 1.93. The van der Waals surface area contributed by atoms with Crippen molar-refractivity contribution >= 4 is 12.1 Å². The molecule has 0 radical (unpaired) electrons. The number of unbranched alkanes of at least 4 members (excludes halogenated alkanes) is 2. The van der Waals surface area contributed by atoms with Crippen molar-refractivity contribution < 1.29 is 4.79 Å². The second kappa shape index (κ2) is 8.05. The Hall–Kier alpha value is -1.16. The van der Waals surface area contributed by atoms with Crippen molar-refractivity contribution in [3.05, 3.63) is 11.8 Å². The first-order valence-electron chi connectivity index (χ1n) is 5.99. The lowest BCUT2D eigenvalue weighted by molar-refractivity contribution is -0.121. The van der Waals surface area contributed by atoms with Gasteiger partial charge in [-0.1, -0.05) is 6.42 Å². The van der Waals surface area contributed by atoms with E-state index in [-0.39, 0.29) is 5.91 Å². The van der Waals surface area contributed by atoms with Crippen molar-refractivity contribution in [3.63, 3.8) is 0 Å². The molecule has 90 valence electrons. The standard InChI is InChI=1S/C12H21N3O/c13-7-3-1-2-4-12(16)15-9-6-11-5-8-14-10-11/h8,10H,1-7,9,13H2,(H,15,16). The Bertz CT molecular complexity index is 271. The number of nitrogens with two attached hydrogens (primary N) is 1. The highest BCUT2D eigenvalue weighted by Crippen LogP contribution is 2.09. The van der Waals surface area contributed by atoms with Crippen LogP contribution in [0.1, 0.15) is 38.5 Å². The van der Waals surface area contributed by atoms with Crippen LogP contribution in [0.25, 0.3) is 0 Å². The SMILES string of the molecule is NCCCCCC(=O)NCCC1=CN=CC1. The minimum absolute atomic E-state index is 0.150.